The summed E-state index contributed by atoms with van der Waals surface area (Å²) in [6, 6.07) is 27.2. The quantitative estimate of drug-likeness (QED) is 0.115. The van der Waals surface area contributed by atoms with Gasteiger partial charge in [0.2, 0.25) is 33.3 Å². The molecule has 18 aromatic rings. The molecule has 8 aromatic heterocycles. The van der Waals surface area contributed by atoms with Gasteiger partial charge in [-0.15, -0.1) is 0 Å². The van der Waals surface area contributed by atoms with Gasteiger partial charge in [0, 0.05) is 50.1 Å². The molecule has 0 saturated heterocycles. The van der Waals surface area contributed by atoms with Gasteiger partial charge in [0.15, 0.2) is 51.7 Å². The second-order valence-corrected chi connectivity index (χ2v) is 29.0. The maximum absolute atomic E-state index is 15.2. The Morgan fingerprint density at radius 3 is 1.33 bits per heavy atom. The van der Waals surface area contributed by atoms with Gasteiger partial charge in [-0.2, -0.15) is 59.8 Å². The van der Waals surface area contributed by atoms with Gasteiger partial charge in [0.25, 0.3) is 0 Å². The number of benzene rings is 10. The highest BCUT2D eigenvalue weighted by atomic mass is 19.4. The van der Waals surface area contributed by atoms with Gasteiger partial charge in [0.05, 0.1) is 151 Å². The molecule has 0 spiro atoms. The maximum atomic E-state index is 15.2. The molecular weight excluding hydrogens is 1820 g/mol. The van der Waals surface area contributed by atoms with Crippen molar-refractivity contribution in [3.63, 3.8) is 0 Å². The van der Waals surface area contributed by atoms with Crippen LogP contribution in [0.1, 0.15) is 22.3 Å². The Morgan fingerprint density at radius 2 is 0.790 bits per heavy atom. The Kier molecular flexibility index (Phi) is 22.9. The lowest BCUT2D eigenvalue weighted by molar-refractivity contribution is -0.138. The van der Waals surface area contributed by atoms with Gasteiger partial charge < -0.3 is 35.9 Å². The normalized spacial score (nSPS) is 12.2. The Hall–Kier alpha value is -21.0. The zero-order valence-electron chi connectivity index (χ0n) is 69.6. The Morgan fingerprint density at radius 1 is 0.326 bits per heavy atom. The molecule has 8 heterocycles. The molecule has 10 aromatic carbocycles. The van der Waals surface area contributed by atoms with Gasteiger partial charge in [-0.1, -0.05) is 18.2 Å². The topological polar surface area (TPSA) is 317 Å². The van der Waals surface area contributed by atoms with Crippen LogP contribution >= 0.6 is 0 Å². The summed E-state index contributed by atoms with van der Waals surface area (Å²) in [7, 11) is 6.67. The fourth-order valence-electron chi connectivity index (χ4n) is 15.6. The van der Waals surface area contributed by atoms with E-state index in [1.54, 1.807) is 49.5 Å². The third-order valence-corrected chi connectivity index (χ3v) is 21.7. The summed E-state index contributed by atoms with van der Waals surface area (Å²) in [5.74, 6) is -14.1. The predicted molar refractivity (Wildman–Crippen MR) is 463 cm³/mol. The number of nitriles is 5. The molecule has 0 aliphatic carbocycles. The number of imidazole rings is 4. The van der Waals surface area contributed by atoms with Crippen LogP contribution in [0.5, 0.6) is 0 Å². The average Bonchev–Trinajstić information content (AvgIpc) is 1.53. The fourth-order valence-corrected chi connectivity index (χ4v) is 15.6. The van der Waals surface area contributed by atoms with Crippen molar-refractivity contribution in [2.75, 3.05) is 0 Å². The van der Waals surface area contributed by atoms with E-state index in [4.69, 9.17) is 106 Å². The number of hydrogen-bond acceptors (Lipinski definition) is 15. The summed E-state index contributed by atoms with van der Waals surface area (Å²) >= 11 is 0. The summed E-state index contributed by atoms with van der Waals surface area (Å²) in [4.78, 5) is 59.5. The lowest BCUT2D eigenvalue weighted by atomic mass is 9.89. The molecular formula is C94H32F14N26O4. The first-order chi connectivity index (χ1) is 65.8. The zero-order valence-corrected chi connectivity index (χ0v) is 69.6. The van der Waals surface area contributed by atoms with E-state index in [1.165, 1.54) is 53.3 Å². The van der Waals surface area contributed by atoms with Crippen molar-refractivity contribution < 1.29 is 79.1 Å². The standard InChI is InChI=1S/C36H20F6N8.C20H2F4N4O2.C20H10N8.C18F4N6O2/c1-17-12-20(35(37,38)39)8-10-22(17)24-14-19-15-25-30(49(6)34(47-25)32(45-4)46-5)28(23-11-9-21(13-18(23)2)36(40,41)42)27(19)31-29(24)48-33(50(31)7)26(16-43)44-3;1-26-9(6-25)10-4-8-15(22)16(23)12-13(18(8)29-10)17(24)19-7(14(12)21)5-11(30-19)20(27-2)28-3;1-22-15(10-21)19-25-13-7-6-11-8-14-16(9-12(11)17(13)28(19)5)27(4)20(26-14)18(23-2)24-3;1-25-5(3-23)17-27-13-8-7(10(20)12(22)16(13)30-17)9(19)11(21)14-15(8)29-18(28-14)6(4-24)26-2/h8-15H,1-2,6-7H3;4-5H;6-9H,4-5H3;/b33-26-;10-9-;19-15-;17-5+,18-6+. The number of fused-ring (bicyclic) bond motifs is 17. The number of aryl methyl sites for hydroxylation is 6. The number of aromatic nitrogens is 10. The minimum Gasteiger partial charge on any atom is -0.466 e. The van der Waals surface area contributed by atoms with E-state index in [1.807, 2.05) is 36.4 Å². The highest BCUT2D eigenvalue weighted by molar-refractivity contribution is 6.23. The summed E-state index contributed by atoms with van der Waals surface area (Å²) in [6.45, 7) is 81.9. The Balaban J connectivity index is 0.000000144. The van der Waals surface area contributed by atoms with Gasteiger partial charge in [-0.05, 0) is 114 Å². The van der Waals surface area contributed by atoms with E-state index in [-0.39, 0.29) is 56.2 Å². The summed E-state index contributed by atoms with van der Waals surface area (Å²) < 4.78 is 227. The average molecular weight is 1860 g/mol. The van der Waals surface area contributed by atoms with E-state index in [0.717, 1.165) is 58.2 Å². The lowest BCUT2D eigenvalue weighted by Crippen LogP contribution is -2.17. The van der Waals surface area contributed by atoms with Crippen LogP contribution < -0.4 is 43.8 Å². The van der Waals surface area contributed by atoms with Crippen LogP contribution in [0.3, 0.4) is 0 Å². The number of nitrogens with zero attached hydrogens (tertiary/aromatic N) is 26. The molecule has 0 unspecified atom stereocenters. The first kappa shape index (κ1) is 91.7. The highest BCUT2D eigenvalue weighted by Crippen LogP contribution is 2.47. The van der Waals surface area contributed by atoms with E-state index >= 15 is 8.78 Å². The van der Waals surface area contributed by atoms with Crippen molar-refractivity contribution in [2.45, 2.75) is 26.2 Å². The number of alkyl halides is 6. The third kappa shape index (κ3) is 14.4. The van der Waals surface area contributed by atoms with Gasteiger partial charge in [-0.25, -0.2) is 111 Å². The fraction of sp³-hybridized carbons (Fsp3) is 0.0851. The molecule has 0 aliphatic heterocycles. The number of halogens is 14. The molecule has 0 saturated carbocycles. The zero-order chi connectivity index (χ0) is 99.9. The van der Waals surface area contributed by atoms with Gasteiger partial charge in [-0.3, -0.25) is 0 Å². The summed E-state index contributed by atoms with van der Waals surface area (Å²) in [6.07, 6.45) is -9.23. The first-order valence-electron chi connectivity index (χ1n) is 37.9. The Labute approximate surface area is 757 Å². The molecule has 30 nitrogen and oxygen atoms in total. The van der Waals surface area contributed by atoms with Crippen LogP contribution in [0.2, 0.25) is 0 Å². The molecule has 0 N–H and O–H groups in total. The van der Waals surface area contributed by atoms with Crippen molar-refractivity contribution in [3.05, 3.63) is 323 Å². The molecule has 18 rings (SSSR count). The van der Waals surface area contributed by atoms with Crippen LogP contribution in [-0.2, 0) is 40.5 Å². The first-order valence-corrected chi connectivity index (χ1v) is 37.9. The number of hydrogen-bond donors (Lipinski definition) is 0. The molecule has 0 radical (unpaired) electrons. The monoisotopic (exact) mass is 1850 g/mol. The van der Waals surface area contributed by atoms with Crippen LogP contribution in [0.4, 0.5) is 61.5 Å². The van der Waals surface area contributed by atoms with E-state index < -0.39 is 181 Å². The van der Waals surface area contributed by atoms with Gasteiger partial charge in [0.1, 0.15) is 78.2 Å². The van der Waals surface area contributed by atoms with Crippen molar-refractivity contribution in [1.29, 1.82) is 26.3 Å². The van der Waals surface area contributed by atoms with E-state index in [0.29, 0.717) is 66.1 Å². The second-order valence-electron chi connectivity index (χ2n) is 29.0. The van der Waals surface area contributed by atoms with Crippen molar-refractivity contribution in [2.24, 2.45) is 28.2 Å². The van der Waals surface area contributed by atoms with Gasteiger partial charge >= 0.3 is 58.3 Å². The van der Waals surface area contributed by atoms with Crippen molar-refractivity contribution in [1.82, 2.24) is 48.2 Å². The maximum Gasteiger partial charge on any atom is 0.562 e. The molecule has 0 atom stereocenters. The van der Waals surface area contributed by atoms with E-state index in [9.17, 15) is 63.2 Å². The largest absolute Gasteiger partial charge is 0.562 e. The summed E-state index contributed by atoms with van der Waals surface area (Å²) in [5, 5.41) is 43.6. The third-order valence-electron chi connectivity index (χ3n) is 21.7. The minimum atomic E-state index is -4.63. The molecule has 0 fully saturated rings. The molecule has 138 heavy (non-hydrogen) atoms. The van der Waals surface area contributed by atoms with E-state index in [2.05, 4.69) is 83.2 Å². The van der Waals surface area contributed by atoms with Crippen LogP contribution in [0, 0.1) is 189 Å². The lowest BCUT2D eigenvalue weighted by Gasteiger charge is -2.18. The smallest absolute Gasteiger partial charge is 0.466 e. The molecule has 44 heteroatoms. The second kappa shape index (κ2) is 34.4. The molecule has 0 bridgehead atoms. The molecule has 0 amide bonds. The Bertz CT molecular complexity index is 9870. The van der Waals surface area contributed by atoms with Crippen LogP contribution in [0.15, 0.2) is 103 Å². The number of oxazole rings is 2. The number of rotatable bonds is 2. The molecule has 0 aliphatic rings. The number of furan rings is 2. The predicted octanol–water partition coefficient (Wildman–Crippen LogP) is 17.3. The summed E-state index contributed by atoms with van der Waals surface area (Å²) in [5.41, 5.74) is -3.99. The van der Waals surface area contributed by atoms with Crippen LogP contribution in [0.25, 0.3) is 253 Å². The molecule has 660 valence electrons. The SMILES string of the molecule is [C-]#[N+]/C(C#N)=c1\nc2c(o1)c(F)c(F)c1c(F)c(F)c3n/c(=C(/C#N)[N+]#[C-])oc3c12.[C-]#[N+]C([N+]#[C-])=c1cc2c(F)c3c(F)c(F)c4c/c(=C(\C#N)[N+]#[C-])oc4c3c(F)c2o1.[C-]#[N+]C([N+]#[C-])=c1nc2cc3cc(-c4ccc(C(F)(F)F)cc4C)c4n/c(=C(\C#N)[N+]#[C-])n(C)c4c3c(-c3ccc(C(F)(F)F)cc3C)c2n1C.[C-]#[N+]C([N+]#[C-])=c1nc2cc3ccc4n/c(=C(\C#N)[N+]#[C-])n(C)c4c3cc2n1C. The highest BCUT2D eigenvalue weighted by Gasteiger charge is 2.37. The minimum absolute atomic E-state index is 0.0139. The van der Waals surface area contributed by atoms with Crippen LogP contribution in [-0.4, -0.2) is 48.2 Å². The van der Waals surface area contributed by atoms with Crippen molar-refractivity contribution >= 4 is 177 Å². The van der Waals surface area contributed by atoms with Crippen molar-refractivity contribution in [3.8, 4) is 52.6 Å².